The molecule has 3 nitrogen and oxygen atoms in total. The summed E-state index contributed by atoms with van der Waals surface area (Å²) in [5.74, 6) is -0.877. The summed E-state index contributed by atoms with van der Waals surface area (Å²) in [5, 5.41) is 11.9. The number of pyridine rings is 1. The molecule has 4 heteroatoms. The molecule has 0 amide bonds. The van der Waals surface area contributed by atoms with Gasteiger partial charge in [-0.2, -0.15) is 0 Å². The van der Waals surface area contributed by atoms with Crippen LogP contribution >= 0.6 is 11.3 Å². The average Bonchev–Trinajstić information content (AvgIpc) is 2.80. The number of hydrogen-bond donors (Lipinski definition) is 1. The first-order chi connectivity index (χ1) is 9.18. The molecule has 0 fully saturated rings. The molecule has 0 aliphatic heterocycles. The van der Waals surface area contributed by atoms with Crippen molar-refractivity contribution in [1.29, 1.82) is 0 Å². The summed E-state index contributed by atoms with van der Waals surface area (Å²) in [6.45, 7) is 1.85. The van der Waals surface area contributed by atoms with Crippen LogP contribution in [0, 0.1) is 6.92 Å². The van der Waals surface area contributed by atoms with Crippen LogP contribution in [-0.2, 0) is 0 Å². The average molecular weight is 269 g/mol. The van der Waals surface area contributed by atoms with Crippen LogP contribution in [0.2, 0.25) is 0 Å². The van der Waals surface area contributed by atoms with E-state index in [1.165, 1.54) is 11.3 Å². The summed E-state index contributed by atoms with van der Waals surface area (Å²) in [7, 11) is 0. The third-order valence-electron chi connectivity index (χ3n) is 3.16. The van der Waals surface area contributed by atoms with Crippen molar-refractivity contribution in [2.24, 2.45) is 0 Å². The van der Waals surface area contributed by atoms with Crippen molar-refractivity contribution in [3.63, 3.8) is 0 Å². The van der Waals surface area contributed by atoms with E-state index in [1.807, 2.05) is 37.3 Å². The van der Waals surface area contributed by atoms with Gasteiger partial charge in [-0.15, -0.1) is 11.3 Å². The quantitative estimate of drug-likeness (QED) is 0.765. The van der Waals surface area contributed by atoms with Crippen LogP contribution in [0.1, 0.15) is 15.9 Å². The molecular weight excluding hydrogens is 258 g/mol. The van der Waals surface area contributed by atoms with Gasteiger partial charge in [0.2, 0.25) is 0 Å². The minimum absolute atomic E-state index is 0.376. The summed E-state index contributed by atoms with van der Waals surface area (Å²) in [6, 6.07) is 9.82. The molecule has 0 aliphatic rings. The molecule has 19 heavy (non-hydrogen) atoms. The first kappa shape index (κ1) is 11.9. The topological polar surface area (TPSA) is 50.2 Å². The molecule has 0 aliphatic carbocycles. The van der Waals surface area contributed by atoms with Crippen molar-refractivity contribution in [1.82, 2.24) is 4.98 Å². The van der Waals surface area contributed by atoms with Crippen LogP contribution in [0.3, 0.4) is 0 Å². The standard InChI is InChI=1S/C15H11NO2S/c1-9-12(15(17)18)8-19-14(9)11-4-2-6-13-10(11)5-3-7-16-13/h2-8H,1H3,(H,17,18). The number of rotatable bonds is 2. The van der Waals surface area contributed by atoms with Crippen LogP contribution in [0.5, 0.6) is 0 Å². The van der Waals surface area contributed by atoms with Crippen molar-refractivity contribution in [2.75, 3.05) is 0 Å². The Balaban J connectivity index is 2.28. The fourth-order valence-corrected chi connectivity index (χ4v) is 3.30. The summed E-state index contributed by atoms with van der Waals surface area (Å²) < 4.78 is 0. The Morgan fingerprint density at radius 1 is 1.26 bits per heavy atom. The van der Waals surface area contributed by atoms with Gasteiger partial charge in [0.25, 0.3) is 0 Å². The smallest absolute Gasteiger partial charge is 0.336 e. The zero-order valence-electron chi connectivity index (χ0n) is 10.3. The molecule has 0 unspecified atom stereocenters. The molecule has 2 aromatic heterocycles. The van der Waals surface area contributed by atoms with Crippen molar-refractivity contribution >= 4 is 28.2 Å². The van der Waals surface area contributed by atoms with Crippen molar-refractivity contribution < 1.29 is 9.90 Å². The van der Waals surface area contributed by atoms with Crippen molar-refractivity contribution in [2.45, 2.75) is 6.92 Å². The SMILES string of the molecule is Cc1c(C(=O)O)csc1-c1cccc2ncccc12. The molecule has 94 valence electrons. The molecule has 0 atom stereocenters. The predicted octanol–water partition coefficient (Wildman–Crippen LogP) is 3.97. The maximum absolute atomic E-state index is 11.1. The van der Waals surface area contributed by atoms with Gasteiger partial charge >= 0.3 is 5.97 Å². The highest BCUT2D eigenvalue weighted by Gasteiger charge is 2.15. The number of fused-ring (bicyclic) bond motifs is 1. The molecule has 1 N–H and O–H groups in total. The predicted molar refractivity (Wildman–Crippen MR) is 76.8 cm³/mol. The lowest BCUT2D eigenvalue weighted by molar-refractivity contribution is 0.0697. The van der Waals surface area contributed by atoms with E-state index in [2.05, 4.69) is 4.98 Å². The number of carbonyl (C=O) groups is 1. The minimum Gasteiger partial charge on any atom is -0.478 e. The largest absolute Gasteiger partial charge is 0.478 e. The van der Waals surface area contributed by atoms with Gasteiger partial charge in [-0.3, -0.25) is 4.98 Å². The van der Waals surface area contributed by atoms with Crippen LogP contribution in [0.25, 0.3) is 21.3 Å². The van der Waals surface area contributed by atoms with Gasteiger partial charge in [-0.25, -0.2) is 4.79 Å². The molecule has 3 rings (SSSR count). The molecule has 0 saturated heterocycles. The first-order valence-electron chi connectivity index (χ1n) is 5.84. The lowest BCUT2D eigenvalue weighted by Crippen LogP contribution is -1.96. The van der Waals surface area contributed by atoms with Gasteiger partial charge in [0, 0.05) is 27.4 Å². The Morgan fingerprint density at radius 3 is 2.84 bits per heavy atom. The van der Waals surface area contributed by atoms with E-state index in [0.717, 1.165) is 26.9 Å². The maximum atomic E-state index is 11.1. The number of aromatic nitrogens is 1. The van der Waals surface area contributed by atoms with Crippen molar-refractivity contribution in [3.8, 4) is 10.4 Å². The summed E-state index contributed by atoms with van der Waals surface area (Å²) in [4.78, 5) is 16.4. The molecule has 0 saturated carbocycles. The molecule has 0 spiro atoms. The number of hydrogen-bond acceptors (Lipinski definition) is 3. The Hall–Kier alpha value is -2.20. The lowest BCUT2D eigenvalue weighted by Gasteiger charge is -2.05. The summed E-state index contributed by atoms with van der Waals surface area (Å²) in [6.07, 6.45) is 1.76. The third kappa shape index (κ3) is 1.90. The Morgan fingerprint density at radius 2 is 2.11 bits per heavy atom. The fourth-order valence-electron chi connectivity index (χ4n) is 2.19. The highest BCUT2D eigenvalue weighted by Crippen LogP contribution is 2.36. The molecule has 1 aromatic carbocycles. The Labute approximate surface area is 114 Å². The van der Waals surface area contributed by atoms with Crippen molar-refractivity contribution in [3.05, 3.63) is 53.0 Å². The van der Waals surface area contributed by atoms with E-state index in [1.54, 1.807) is 11.6 Å². The second kappa shape index (κ2) is 4.48. The number of thiophene rings is 1. The minimum atomic E-state index is -0.877. The van der Waals surface area contributed by atoms with E-state index >= 15 is 0 Å². The van der Waals surface area contributed by atoms with Gasteiger partial charge in [0.15, 0.2) is 0 Å². The third-order valence-corrected chi connectivity index (χ3v) is 4.28. The number of carboxylic acid groups (broad SMARTS) is 1. The Kier molecular flexibility index (Phi) is 2.80. The molecular formula is C15H11NO2S. The highest BCUT2D eigenvalue weighted by molar-refractivity contribution is 7.14. The number of nitrogens with zero attached hydrogens (tertiary/aromatic N) is 1. The van der Waals surface area contributed by atoms with E-state index in [4.69, 9.17) is 5.11 Å². The zero-order chi connectivity index (χ0) is 13.4. The van der Waals surface area contributed by atoms with Crippen LogP contribution < -0.4 is 0 Å². The zero-order valence-corrected chi connectivity index (χ0v) is 11.1. The van der Waals surface area contributed by atoms with Gasteiger partial charge in [-0.05, 0) is 24.6 Å². The van der Waals surface area contributed by atoms with E-state index in [-0.39, 0.29) is 0 Å². The van der Waals surface area contributed by atoms with Crippen LogP contribution in [0.4, 0.5) is 0 Å². The second-order valence-electron chi connectivity index (χ2n) is 4.28. The first-order valence-corrected chi connectivity index (χ1v) is 6.72. The monoisotopic (exact) mass is 269 g/mol. The summed E-state index contributed by atoms with van der Waals surface area (Å²) in [5.41, 5.74) is 3.15. The van der Waals surface area contributed by atoms with Gasteiger partial charge in [-0.1, -0.05) is 18.2 Å². The molecule has 3 aromatic rings. The summed E-state index contributed by atoms with van der Waals surface area (Å²) >= 11 is 1.46. The number of benzene rings is 1. The fraction of sp³-hybridized carbons (Fsp3) is 0.0667. The van der Waals surface area contributed by atoms with Gasteiger partial charge < -0.3 is 5.11 Å². The molecule has 0 bridgehead atoms. The lowest BCUT2D eigenvalue weighted by atomic mass is 10.0. The number of carboxylic acids is 1. The Bertz CT molecular complexity index is 771. The van der Waals surface area contributed by atoms with Crippen LogP contribution in [-0.4, -0.2) is 16.1 Å². The molecule has 2 heterocycles. The number of aromatic carboxylic acids is 1. The van der Waals surface area contributed by atoms with Gasteiger partial charge in [0.1, 0.15) is 0 Å². The maximum Gasteiger partial charge on any atom is 0.336 e. The van der Waals surface area contributed by atoms with E-state index < -0.39 is 5.97 Å². The van der Waals surface area contributed by atoms with Crippen LogP contribution in [0.15, 0.2) is 41.9 Å². The van der Waals surface area contributed by atoms with E-state index in [9.17, 15) is 4.79 Å². The van der Waals surface area contributed by atoms with Gasteiger partial charge in [0.05, 0.1) is 11.1 Å². The van der Waals surface area contributed by atoms with E-state index in [0.29, 0.717) is 5.56 Å². The normalized spacial score (nSPS) is 10.8. The highest BCUT2D eigenvalue weighted by atomic mass is 32.1. The second-order valence-corrected chi connectivity index (χ2v) is 5.16. The molecule has 0 radical (unpaired) electrons.